The van der Waals surface area contributed by atoms with Crippen molar-refractivity contribution in [1.29, 1.82) is 0 Å². The molecule has 2 amide bonds. The van der Waals surface area contributed by atoms with Crippen LogP contribution < -0.4 is 5.73 Å². The van der Waals surface area contributed by atoms with Gasteiger partial charge in [0, 0.05) is 10.8 Å². The molecule has 5 heteroatoms. The summed E-state index contributed by atoms with van der Waals surface area (Å²) in [5.41, 5.74) is 5.21. The first-order valence-corrected chi connectivity index (χ1v) is 6.02. The number of fused-ring (bicyclic) bond motifs is 3. The number of urea groups is 1. The van der Waals surface area contributed by atoms with Crippen molar-refractivity contribution in [3.63, 3.8) is 0 Å². The number of phenols is 1. The molecular weight excluding hydrogens is 254 g/mol. The summed E-state index contributed by atoms with van der Waals surface area (Å²) in [6.45, 7) is 0. The molecule has 3 aromatic carbocycles. The zero-order chi connectivity index (χ0) is 14.1. The summed E-state index contributed by atoms with van der Waals surface area (Å²) < 4.78 is 0. The number of carbonyl (C=O) groups excluding carboxylic acids is 1. The number of aromatic hydroxyl groups is 1. The minimum atomic E-state index is -0.901. The van der Waals surface area contributed by atoms with Gasteiger partial charge >= 0.3 is 6.03 Å². The number of nitrogens with two attached hydrogens (primary N) is 1. The van der Waals surface area contributed by atoms with Crippen molar-refractivity contribution in [2.75, 3.05) is 0 Å². The van der Waals surface area contributed by atoms with Gasteiger partial charge in [-0.15, -0.1) is 5.11 Å². The molecule has 0 heterocycles. The summed E-state index contributed by atoms with van der Waals surface area (Å²) >= 11 is 0. The third kappa shape index (κ3) is 1.85. The summed E-state index contributed by atoms with van der Waals surface area (Å²) in [6, 6.07) is 14.0. The van der Waals surface area contributed by atoms with Gasteiger partial charge in [-0.3, -0.25) is 0 Å². The van der Waals surface area contributed by atoms with Crippen molar-refractivity contribution >= 4 is 33.3 Å². The molecule has 20 heavy (non-hydrogen) atoms. The van der Waals surface area contributed by atoms with E-state index in [2.05, 4.69) is 10.2 Å². The molecule has 98 valence electrons. The quantitative estimate of drug-likeness (QED) is 0.516. The van der Waals surface area contributed by atoms with Crippen molar-refractivity contribution in [2.45, 2.75) is 0 Å². The predicted molar refractivity (Wildman–Crippen MR) is 77.2 cm³/mol. The SMILES string of the molecule is NC(=O)N=Nc1c(O)c2ccccc2c2ccccc12. The van der Waals surface area contributed by atoms with E-state index in [4.69, 9.17) is 5.73 Å². The lowest BCUT2D eigenvalue weighted by atomic mass is 9.99. The Morgan fingerprint density at radius 1 is 0.900 bits per heavy atom. The first-order valence-electron chi connectivity index (χ1n) is 6.02. The van der Waals surface area contributed by atoms with E-state index in [9.17, 15) is 9.90 Å². The van der Waals surface area contributed by atoms with Crippen LogP contribution in [0, 0.1) is 0 Å². The number of primary amides is 1. The van der Waals surface area contributed by atoms with Gasteiger partial charge in [0.1, 0.15) is 5.69 Å². The Morgan fingerprint density at radius 2 is 1.40 bits per heavy atom. The molecule has 0 aromatic heterocycles. The summed E-state index contributed by atoms with van der Waals surface area (Å²) in [5.74, 6) is -0.00991. The van der Waals surface area contributed by atoms with E-state index in [0.29, 0.717) is 10.8 Å². The number of azo groups is 1. The topological polar surface area (TPSA) is 88.0 Å². The number of phenolic OH excluding ortho intramolecular Hbond substituents is 1. The first-order chi connectivity index (χ1) is 9.68. The minimum Gasteiger partial charge on any atom is -0.505 e. The molecule has 3 aromatic rings. The highest BCUT2D eigenvalue weighted by atomic mass is 16.3. The number of benzene rings is 3. The van der Waals surface area contributed by atoms with E-state index >= 15 is 0 Å². The number of amides is 2. The van der Waals surface area contributed by atoms with Crippen molar-refractivity contribution in [2.24, 2.45) is 16.0 Å². The fourth-order valence-corrected chi connectivity index (χ4v) is 2.30. The Labute approximate surface area is 114 Å². The normalized spacial score (nSPS) is 11.4. The van der Waals surface area contributed by atoms with Gasteiger partial charge < -0.3 is 10.8 Å². The Balaban J connectivity index is 2.47. The standard InChI is InChI=1S/C15H11N3O2/c16-15(20)18-17-13-11-7-3-1-5-9(11)10-6-2-4-8-12(10)14(13)19/h1-8,19H,(H2,16,20). The second kappa shape index (κ2) is 4.62. The van der Waals surface area contributed by atoms with Gasteiger partial charge in [-0.05, 0) is 10.8 Å². The highest BCUT2D eigenvalue weighted by Crippen LogP contribution is 2.42. The molecule has 0 aliphatic heterocycles. The van der Waals surface area contributed by atoms with Crippen LogP contribution in [0.15, 0.2) is 58.8 Å². The van der Waals surface area contributed by atoms with Crippen LogP contribution in [0.3, 0.4) is 0 Å². The maximum Gasteiger partial charge on any atom is 0.356 e. The van der Waals surface area contributed by atoms with Crippen molar-refractivity contribution in [3.8, 4) is 5.75 Å². The second-order valence-electron chi connectivity index (χ2n) is 4.33. The number of hydrogen-bond acceptors (Lipinski definition) is 3. The zero-order valence-corrected chi connectivity index (χ0v) is 10.4. The summed E-state index contributed by atoms with van der Waals surface area (Å²) in [5, 5.41) is 20.7. The molecule has 0 aliphatic rings. The van der Waals surface area contributed by atoms with Crippen LogP contribution in [0.25, 0.3) is 21.5 Å². The minimum absolute atomic E-state index is 0.00991. The van der Waals surface area contributed by atoms with Gasteiger partial charge in [0.2, 0.25) is 0 Å². The molecule has 0 radical (unpaired) electrons. The molecule has 0 spiro atoms. The van der Waals surface area contributed by atoms with E-state index in [-0.39, 0.29) is 11.4 Å². The average molecular weight is 265 g/mol. The molecule has 5 nitrogen and oxygen atoms in total. The molecule has 3 N–H and O–H groups in total. The smallest absolute Gasteiger partial charge is 0.356 e. The molecule has 0 saturated carbocycles. The van der Waals surface area contributed by atoms with Gasteiger partial charge in [0.15, 0.2) is 5.75 Å². The van der Waals surface area contributed by atoms with Crippen LogP contribution in [0.2, 0.25) is 0 Å². The van der Waals surface area contributed by atoms with Gasteiger partial charge in [-0.2, -0.15) is 0 Å². The summed E-state index contributed by atoms with van der Waals surface area (Å²) in [6.07, 6.45) is 0. The Morgan fingerprint density at radius 3 is 2.00 bits per heavy atom. The summed E-state index contributed by atoms with van der Waals surface area (Å²) in [4.78, 5) is 10.8. The molecule has 3 rings (SSSR count). The highest BCUT2D eigenvalue weighted by Gasteiger charge is 2.12. The van der Waals surface area contributed by atoms with Gasteiger partial charge in [0.05, 0.1) is 0 Å². The Kier molecular flexibility index (Phi) is 2.80. The van der Waals surface area contributed by atoms with E-state index < -0.39 is 6.03 Å². The first kappa shape index (κ1) is 12.1. The van der Waals surface area contributed by atoms with Crippen LogP contribution in [0.5, 0.6) is 5.75 Å². The van der Waals surface area contributed by atoms with E-state index in [1.807, 2.05) is 42.5 Å². The van der Waals surface area contributed by atoms with Crippen LogP contribution in [-0.2, 0) is 0 Å². The van der Waals surface area contributed by atoms with Crippen LogP contribution in [0.4, 0.5) is 10.5 Å². The molecule has 0 aliphatic carbocycles. The fourth-order valence-electron chi connectivity index (χ4n) is 2.30. The third-order valence-corrected chi connectivity index (χ3v) is 3.13. The van der Waals surface area contributed by atoms with Crippen LogP contribution in [-0.4, -0.2) is 11.1 Å². The monoisotopic (exact) mass is 265 g/mol. The van der Waals surface area contributed by atoms with Crippen LogP contribution in [0.1, 0.15) is 0 Å². The predicted octanol–water partition coefficient (Wildman–Crippen LogP) is 3.86. The molecular formula is C15H11N3O2. The van der Waals surface area contributed by atoms with E-state index in [0.717, 1.165) is 10.8 Å². The molecule has 0 fully saturated rings. The maximum atomic E-state index is 10.8. The Hall–Kier alpha value is -2.95. The molecule has 0 atom stereocenters. The van der Waals surface area contributed by atoms with Crippen molar-refractivity contribution < 1.29 is 9.90 Å². The number of nitrogens with zero attached hydrogens (tertiary/aromatic N) is 2. The lowest BCUT2D eigenvalue weighted by Gasteiger charge is -2.09. The third-order valence-electron chi connectivity index (χ3n) is 3.13. The second-order valence-corrected chi connectivity index (χ2v) is 4.33. The lowest BCUT2D eigenvalue weighted by Crippen LogP contribution is -2.01. The van der Waals surface area contributed by atoms with E-state index in [1.54, 1.807) is 6.07 Å². The van der Waals surface area contributed by atoms with Crippen LogP contribution >= 0.6 is 0 Å². The van der Waals surface area contributed by atoms with Gasteiger partial charge in [-0.1, -0.05) is 53.6 Å². The molecule has 0 unspecified atom stereocenters. The van der Waals surface area contributed by atoms with E-state index in [1.165, 1.54) is 0 Å². The fraction of sp³-hybridized carbons (Fsp3) is 0. The number of rotatable bonds is 1. The largest absolute Gasteiger partial charge is 0.505 e. The lowest BCUT2D eigenvalue weighted by molar-refractivity contribution is 0.255. The zero-order valence-electron chi connectivity index (χ0n) is 10.4. The maximum absolute atomic E-state index is 10.8. The Bertz CT molecular complexity index is 856. The van der Waals surface area contributed by atoms with Gasteiger partial charge in [0.25, 0.3) is 0 Å². The highest BCUT2D eigenvalue weighted by molar-refractivity contribution is 6.15. The average Bonchev–Trinajstić information content (AvgIpc) is 2.47. The molecule has 0 saturated heterocycles. The number of hydrogen-bond donors (Lipinski definition) is 2. The molecule has 0 bridgehead atoms. The van der Waals surface area contributed by atoms with Crippen molar-refractivity contribution in [1.82, 2.24) is 0 Å². The van der Waals surface area contributed by atoms with Crippen molar-refractivity contribution in [3.05, 3.63) is 48.5 Å². The van der Waals surface area contributed by atoms with Gasteiger partial charge in [-0.25, -0.2) is 4.79 Å². The number of carbonyl (C=O) groups is 1. The summed E-state index contributed by atoms with van der Waals surface area (Å²) in [7, 11) is 0.